The highest BCUT2D eigenvalue weighted by molar-refractivity contribution is 5.96. The van der Waals surface area contributed by atoms with E-state index < -0.39 is 0 Å². The molecule has 0 saturated carbocycles. The minimum Gasteiger partial charge on any atom is -0.361 e. The predicted molar refractivity (Wildman–Crippen MR) is 167 cm³/mol. The number of pyridine rings is 1. The molecular formula is C34H31N7O. The van der Waals surface area contributed by atoms with Crippen LogP contribution in [0.4, 0.5) is 11.5 Å². The van der Waals surface area contributed by atoms with Crippen LogP contribution >= 0.6 is 0 Å². The molecule has 1 amide bonds. The second-order valence-electron chi connectivity index (χ2n) is 10.7. The summed E-state index contributed by atoms with van der Waals surface area (Å²) in [4.78, 5) is 34.6. The van der Waals surface area contributed by atoms with Crippen LogP contribution in [0.1, 0.15) is 11.1 Å². The topological polar surface area (TPSA) is 90.0 Å². The molecule has 0 unspecified atom stereocenters. The Labute approximate surface area is 244 Å². The third kappa shape index (κ3) is 5.57. The number of para-hydroxylation sites is 1. The van der Waals surface area contributed by atoms with Gasteiger partial charge in [0.2, 0.25) is 5.91 Å². The molecule has 1 aliphatic rings. The van der Waals surface area contributed by atoms with Crippen LogP contribution in [0.2, 0.25) is 0 Å². The Balaban J connectivity index is 1.00. The Morgan fingerprint density at radius 2 is 1.69 bits per heavy atom. The van der Waals surface area contributed by atoms with Crippen molar-refractivity contribution in [1.29, 1.82) is 0 Å². The molecule has 8 nitrogen and oxygen atoms in total. The van der Waals surface area contributed by atoms with E-state index in [2.05, 4.69) is 43.3 Å². The molecule has 42 heavy (non-hydrogen) atoms. The number of piperazine rings is 1. The molecule has 0 atom stereocenters. The van der Waals surface area contributed by atoms with Crippen LogP contribution in [-0.2, 0) is 17.8 Å². The second kappa shape index (κ2) is 11.4. The molecule has 1 aliphatic heterocycles. The minimum absolute atomic E-state index is 0.0427. The Morgan fingerprint density at radius 3 is 2.52 bits per heavy atom. The van der Waals surface area contributed by atoms with E-state index in [1.54, 1.807) is 0 Å². The summed E-state index contributed by atoms with van der Waals surface area (Å²) in [5.41, 5.74) is 7.91. The molecule has 0 bridgehead atoms. The van der Waals surface area contributed by atoms with E-state index in [4.69, 9.17) is 9.97 Å². The monoisotopic (exact) mass is 553 g/mol. The molecule has 0 aliphatic carbocycles. The fourth-order valence-corrected chi connectivity index (χ4v) is 5.62. The summed E-state index contributed by atoms with van der Waals surface area (Å²) in [5, 5.41) is 4.10. The summed E-state index contributed by atoms with van der Waals surface area (Å²) in [6.07, 6.45) is 7.86. The van der Waals surface area contributed by atoms with Crippen molar-refractivity contribution in [2.24, 2.45) is 0 Å². The number of carbonyl (C=O) groups excluding carboxylic acids is 1. The van der Waals surface area contributed by atoms with Crippen LogP contribution in [0, 0.1) is 0 Å². The van der Waals surface area contributed by atoms with Gasteiger partial charge in [0, 0.05) is 67.9 Å². The van der Waals surface area contributed by atoms with Crippen molar-refractivity contribution < 1.29 is 4.79 Å². The Hall–Kier alpha value is -5.08. The van der Waals surface area contributed by atoms with Crippen molar-refractivity contribution in [3.8, 4) is 11.1 Å². The second-order valence-corrected chi connectivity index (χ2v) is 10.7. The van der Waals surface area contributed by atoms with Crippen LogP contribution in [-0.4, -0.2) is 56.9 Å². The lowest BCUT2D eigenvalue weighted by Gasteiger charge is -2.35. The molecule has 0 radical (unpaired) electrons. The third-order valence-corrected chi connectivity index (χ3v) is 7.88. The fraction of sp³-hybridized carbons (Fsp3) is 0.176. The molecule has 3 aromatic carbocycles. The summed E-state index contributed by atoms with van der Waals surface area (Å²) in [6, 6.07) is 26.3. The van der Waals surface area contributed by atoms with Crippen molar-refractivity contribution in [1.82, 2.24) is 24.8 Å². The summed E-state index contributed by atoms with van der Waals surface area (Å²) in [6.45, 7) is 4.68. The van der Waals surface area contributed by atoms with E-state index in [-0.39, 0.29) is 5.91 Å². The summed E-state index contributed by atoms with van der Waals surface area (Å²) >= 11 is 0. The lowest BCUT2D eigenvalue weighted by Crippen LogP contribution is -2.46. The number of nitrogens with zero attached hydrogens (tertiary/aromatic N) is 5. The number of hydrogen-bond acceptors (Lipinski definition) is 6. The van der Waals surface area contributed by atoms with Crippen LogP contribution < -0.4 is 10.2 Å². The van der Waals surface area contributed by atoms with E-state index >= 15 is 0 Å². The first kappa shape index (κ1) is 25.9. The SMILES string of the molecule is O=C(Cc1c[nH]c2ccccc12)Nc1ccc(-c2ccc3ncc(N4CCN(Cc5cccnc5)CC4)nc3c2)cc1. The zero-order valence-corrected chi connectivity index (χ0v) is 23.2. The number of nitrogens with one attached hydrogen (secondary N) is 2. The summed E-state index contributed by atoms with van der Waals surface area (Å²) in [5.74, 6) is 0.868. The quantitative estimate of drug-likeness (QED) is 0.265. The molecule has 2 N–H and O–H groups in total. The third-order valence-electron chi connectivity index (χ3n) is 7.88. The highest BCUT2D eigenvalue weighted by atomic mass is 16.1. The lowest BCUT2D eigenvalue weighted by molar-refractivity contribution is -0.115. The first-order valence-electron chi connectivity index (χ1n) is 14.3. The summed E-state index contributed by atoms with van der Waals surface area (Å²) in [7, 11) is 0. The number of fused-ring (bicyclic) bond motifs is 2. The number of H-pyrrole nitrogens is 1. The Kier molecular flexibility index (Phi) is 7.03. The van der Waals surface area contributed by atoms with E-state index in [1.807, 2.05) is 85.5 Å². The van der Waals surface area contributed by atoms with Gasteiger partial charge >= 0.3 is 0 Å². The molecule has 0 spiro atoms. The average Bonchev–Trinajstić information content (AvgIpc) is 3.44. The zero-order chi connectivity index (χ0) is 28.3. The van der Waals surface area contributed by atoms with Gasteiger partial charge in [-0.3, -0.25) is 19.7 Å². The van der Waals surface area contributed by atoms with E-state index in [1.165, 1.54) is 5.56 Å². The highest BCUT2D eigenvalue weighted by Gasteiger charge is 2.19. The van der Waals surface area contributed by atoms with Gasteiger partial charge in [0.15, 0.2) is 0 Å². The van der Waals surface area contributed by atoms with Gasteiger partial charge in [0.25, 0.3) is 0 Å². The number of rotatable bonds is 7. The largest absolute Gasteiger partial charge is 0.361 e. The van der Waals surface area contributed by atoms with Crippen LogP contribution in [0.15, 0.2) is 104 Å². The average molecular weight is 554 g/mol. The molecule has 208 valence electrons. The van der Waals surface area contributed by atoms with Gasteiger partial charge in [-0.25, -0.2) is 4.98 Å². The van der Waals surface area contributed by atoms with Crippen LogP contribution in [0.3, 0.4) is 0 Å². The molecule has 7 rings (SSSR count). The summed E-state index contributed by atoms with van der Waals surface area (Å²) < 4.78 is 0. The number of carbonyl (C=O) groups is 1. The van der Waals surface area contributed by atoms with Crippen molar-refractivity contribution in [3.05, 3.63) is 115 Å². The van der Waals surface area contributed by atoms with E-state index in [0.717, 1.165) is 82.9 Å². The number of benzene rings is 3. The van der Waals surface area contributed by atoms with Gasteiger partial charge in [-0.1, -0.05) is 42.5 Å². The van der Waals surface area contributed by atoms with Crippen LogP contribution in [0.5, 0.6) is 0 Å². The first-order chi connectivity index (χ1) is 20.7. The smallest absolute Gasteiger partial charge is 0.228 e. The maximum atomic E-state index is 12.7. The normalized spacial score (nSPS) is 14.0. The number of anilines is 2. The van der Waals surface area contributed by atoms with Gasteiger partial charge in [-0.15, -0.1) is 0 Å². The molecule has 6 aromatic rings. The predicted octanol–water partition coefficient (Wildman–Crippen LogP) is 5.68. The number of amides is 1. The zero-order valence-electron chi connectivity index (χ0n) is 23.2. The maximum absolute atomic E-state index is 12.7. The van der Waals surface area contributed by atoms with Crippen LogP contribution in [0.25, 0.3) is 33.1 Å². The number of aromatic amines is 1. The molecule has 8 heteroatoms. The van der Waals surface area contributed by atoms with Crippen molar-refractivity contribution in [2.45, 2.75) is 13.0 Å². The van der Waals surface area contributed by atoms with Crippen molar-refractivity contribution >= 4 is 39.3 Å². The van der Waals surface area contributed by atoms with E-state index in [0.29, 0.717) is 6.42 Å². The van der Waals surface area contributed by atoms with Gasteiger partial charge in [-0.2, -0.15) is 0 Å². The molecule has 1 fully saturated rings. The fourth-order valence-electron chi connectivity index (χ4n) is 5.62. The maximum Gasteiger partial charge on any atom is 0.228 e. The van der Waals surface area contributed by atoms with Crippen molar-refractivity contribution in [3.63, 3.8) is 0 Å². The number of aromatic nitrogens is 4. The van der Waals surface area contributed by atoms with E-state index in [9.17, 15) is 4.79 Å². The highest BCUT2D eigenvalue weighted by Crippen LogP contribution is 2.26. The Morgan fingerprint density at radius 1 is 0.857 bits per heavy atom. The standard InChI is InChI=1S/C34H31N7O/c42-34(19-27-21-36-30-6-2-1-5-29(27)30)38-28-10-7-25(8-11-28)26-9-12-31-32(18-26)39-33(22-37-31)41-16-14-40(15-17-41)23-24-4-3-13-35-20-24/h1-13,18,20-22,36H,14-17,19,23H2,(H,38,42). The molecular weight excluding hydrogens is 522 g/mol. The van der Waals surface area contributed by atoms with Crippen molar-refractivity contribution in [2.75, 3.05) is 36.4 Å². The molecule has 3 aromatic heterocycles. The van der Waals surface area contributed by atoms with Gasteiger partial charge in [-0.05, 0) is 58.7 Å². The number of hydrogen-bond donors (Lipinski definition) is 2. The lowest BCUT2D eigenvalue weighted by atomic mass is 10.0. The van der Waals surface area contributed by atoms with Gasteiger partial charge in [0.05, 0.1) is 23.7 Å². The van der Waals surface area contributed by atoms with Gasteiger partial charge < -0.3 is 15.2 Å². The minimum atomic E-state index is -0.0427. The molecule has 1 saturated heterocycles. The van der Waals surface area contributed by atoms with Gasteiger partial charge in [0.1, 0.15) is 5.82 Å². The first-order valence-corrected chi connectivity index (χ1v) is 14.3. The Bertz CT molecular complexity index is 1840. The molecule has 4 heterocycles.